The van der Waals surface area contributed by atoms with Crippen LogP contribution in [0.2, 0.25) is 0 Å². The van der Waals surface area contributed by atoms with E-state index in [0.29, 0.717) is 25.4 Å². The lowest BCUT2D eigenvalue weighted by atomic mass is 10.1. The maximum absolute atomic E-state index is 10.2. The number of benzene rings is 1. The standard InChI is InChI=1S/C13H15N3O3/c1-16-13(14-8-15-16)7-10(17)9-2-3-11-12(6-9)19-5-4-18-11/h2-3,6,8,10,17H,4-5,7H2,1H3. The van der Waals surface area contributed by atoms with Gasteiger partial charge in [0, 0.05) is 13.5 Å². The van der Waals surface area contributed by atoms with Gasteiger partial charge in [0.25, 0.3) is 0 Å². The van der Waals surface area contributed by atoms with Gasteiger partial charge in [-0.25, -0.2) is 4.98 Å². The Morgan fingerprint density at radius 3 is 2.84 bits per heavy atom. The fourth-order valence-corrected chi connectivity index (χ4v) is 2.06. The average Bonchev–Trinajstić information content (AvgIpc) is 2.84. The summed E-state index contributed by atoms with van der Waals surface area (Å²) in [7, 11) is 1.80. The molecule has 100 valence electrons. The number of hydrogen-bond donors (Lipinski definition) is 1. The van der Waals surface area contributed by atoms with Gasteiger partial charge in [-0.15, -0.1) is 0 Å². The van der Waals surface area contributed by atoms with E-state index in [-0.39, 0.29) is 0 Å². The van der Waals surface area contributed by atoms with Gasteiger partial charge in [0.05, 0.1) is 6.10 Å². The highest BCUT2D eigenvalue weighted by atomic mass is 16.6. The molecule has 1 atom stereocenters. The van der Waals surface area contributed by atoms with E-state index in [2.05, 4.69) is 10.1 Å². The summed E-state index contributed by atoms with van der Waals surface area (Å²) in [6, 6.07) is 5.48. The number of aliphatic hydroxyl groups excluding tert-OH is 1. The van der Waals surface area contributed by atoms with Crippen molar-refractivity contribution in [3.8, 4) is 11.5 Å². The van der Waals surface area contributed by atoms with Crippen LogP contribution in [0.3, 0.4) is 0 Å². The zero-order chi connectivity index (χ0) is 13.2. The van der Waals surface area contributed by atoms with Crippen molar-refractivity contribution in [3.63, 3.8) is 0 Å². The number of aromatic nitrogens is 3. The predicted molar refractivity (Wildman–Crippen MR) is 67.1 cm³/mol. The second kappa shape index (κ2) is 4.89. The highest BCUT2D eigenvalue weighted by molar-refractivity contribution is 5.44. The highest BCUT2D eigenvalue weighted by Crippen LogP contribution is 2.33. The second-order valence-electron chi connectivity index (χ2n) is 4.42. The molecule has 1 N–H and O–H groups in total. The Morgan fingerprint density at radius 1 is 1.32 bits per heavy atom. The number of fused-ring (bicyclic) bond motifs is 1. The number of nitrogens with zero attached hydrogens (tertiary/aromatic N) is 3. The smallest absolute Gasteiger partial charge is 0.161 e. The number of hydrogen-bond acceptors (Lipinski definition) is 5. The molecule has 2 aromatic rings. The van der Waals surface area contributed by atoms with Gasteiger partial charge in [-0.1, -0.05) is 6.07 Å². The van der Waals surface area contributed by atoms with Crippen molar-refractivity contribution in [2.24, 2.45) is 7.05 Å². The van der Waals surface area contributed by atoms with E-state index < -0.39 is 6.10 Å². The van der Waals surface area contributed by atoms with Crippen molar-refractivity contribution < 1.29 is 14.6 Å². The van der Waals surface area contributed by atoms with Gasteiger partial charge in [0.2, 0.25) is 0 Å². The predicted octanol–water partition coefficient (Wildman–Crippen LogP) is 0.862. The van der Waals surface area contributed by atoms with Crippen molar-refractivity contribution in [2.45, 2.75) is 12.5 Å². The zero-order valence-corrected chi connectivity index (χ0v) is 10.6. The molecule has 1 aliphatic rings. The third kappa shape index (κ3) is 2.39. The normalized spacial score (nSPS) is 15.3. The van der Waals surface area contributed by atoms with Crippen LogP contribution in [0, 0.1) is 0 Å². The summed E-state index contributed by atoms with van der Waals surface area (Å²) >= 11 is 0. The second-order valence-corrected chi connectivity index (χ2v) is 4.42. The van der Waals surface area contributed by atoms with Gasteiger partial charge in [-0.2, -0.15) is 5.10 Å². The van der Waals surface area contributed by atoms with Gasteiger partial charge >= 0.3 is 0 Å². The van der Waals surface area contributed by atoms with E-state index in [4.69, 9.17) is 9.47 Å². The van der Waals surface area contributed by atoms with E-state index >= 15 is 0 Å². The Kier molecular flexibility index (Phi) is 3.08. The number of aliphatic hydroxyl groups is 1. The Hall–Kier alpha value is -2.08. The molecule has 1 unspecified atom stereocenters. The van der Waals surface area contributed by atoms with Crippen molar-refractivity contribution in [3.05, 3.63) is 35.9 Å². The number of rotatable bonds is 3. The summed E-state index contributed by atoms with van der Waals surface area (Å²) in [5.41, 5.74) is 0.784. The summed E-state index contributed by atoms with van der Waals surface area (Å²) < 4.78 is 12.6. The molecule has 0 radical (unpaired) electrons. The molecule has 0 amide bonds. The van der Waals surface area contributed by atoms with E-state index in [1.807, 2.05) is 18.2 Å². The van der Waals surface area contributed by atoms with Crippen LogP contribution in [0.15, 0.2) is 24.5 Å². The zero-order valence-electron chi connectivity index (χ0n) is 10.6. The van der Waals surface area contributed by atoms with E-state index in [1.54, 1.807) is 11.7 Å². The molecule has 0 spiro atoms. The van der Waals surface area contributed by atoms with Crippen LogP contribution in [0.25, 0.3) is 0 Å². The highest BCUT2D eigenvalue weighted by Gasteiger charge is 2.17. The van der Waals surface area contributed by atoms with Crippen molar-refractivity contribution in [1.29, 1.82) is 0 Å². The minimum atomic E-state index is -0.640. The largest absolute Gasteiger partial charge is 0.486 e. The monoisotopic (exact) mass is 261 g/mol. The molecule has 1 aliphatic heterocycles. The molecular weight excluding hydrogens is 246 g/mol. The van der Waals surface area contributed by atoms with Gasteiger partial charge in [0.1, 0.15) is 25.4 Å². The van der Waals surface area contributed by atoms with Gasteiger partial charge in [-0.3, -0.25) is 4.68 Å². The van der Waals surface area contributed by atoms with Crippen LogP contribution in [-0.4, -0.2) is 33.1 Å². The van der Waals surface area contributed by atoms with Crippen molar-refractivity contribution >= 4 is 0 Å². The van der Waals surface area contributed by atoms with Crippen LogP contribution in [0.5, 0.6) is 11.5 Å². The molecule has 0 saturated carbocycles. The van der Waals surface area contributed by atoms with Crippen LogP contribution in [-0.2, 0) is 13.5 Å². The van der Waals surface area contributed by atoms with Crippen molar-refractivity contribution in [1.82, 2.24) is 14.8 Å². The molecule has 0 bridgehead atoms. The maximum atomic E-state index is 10.2. The molecular formula is C13H15N3O3. The summed E-state index contributed by atoms with van der Waals surface area (Å²) in [4.78, 5) is 4.10. The summed E-state index contributed by atoms with van der Waals surface area (Å²) in [5.74, 6) is 2.14. The molecule has 2 heterocycles. The maximum Gasteiger partial charge on any atom is 0.161 e. The Morgan fingerprint density at radius 2 is 2.11 bits per heavy atom. The molecule has 19 heavy (non-hydrogen) atoms. The minimum absolute atomic E-state index is 0.413. The number of ether oxygens (including phenoxy) is 2. The molecule has 6 heteroatoms. The van der Waals surface area contributed by atoms with Gasteiger partial charge < -0.3 is 14.6 Å². The van der Waals surface area contributed by atoms with E-state index in [9.17, 15) is 5.11 Å². The first-order valence-electron chi connectivity index (χ1n) is 6.14. The topological polar surface area (TPSA) is 69.4 Å². The van der Waals surface area contributed by atoms with Crippen LogP contribution >= 0.6 is 0 Å². The first kappa shape index (κ1) is 12.0. The van der Waals surface area contributed by atoms with E-state index in [1.165, 1.54) is 6.33 Å². The quantitative estimate of drug-likeness (QED) is 0.887. The lowest BCUT2D eigenvalue weighted by Crippen LogP contribution is -2.16. The van der Waals surface area contributed by atoms with E-state index in [0.717, 1.165) is 17.1 Å². The fraction of sp³-hybridized carbons (Fsp3) is 0.385. The van der Waals surface area contributed by atoms with Gasteiger partial charge in [0.15, 0.2) is 11.5 Å². The van der Waals surface area contributed by atoms with Crippen LogP contribution in [0.1, 0.15) is 17.5 Å². The molecule has 0 saturated heterocycles. The lowest BCUT2D eigenvalue weighted by Gasteiger charge is -2.20. The van der Waals surface area contributed by atoms with Crippen LogP contribution in [0.4, 0.5) is 0 Å². The molecule has 1 aromatic heterocycles. The Labute approximate surface area is 110 Å². The van der Waals surface area contributed by atoms with Crippen LogP contribution < -0.4 is 9.47 Å². The average molecular weight is 261 g/mol. The minimum Gasteiger partial charge on any atom is -0.486 e. The summed E-state index contributed by atoms with van der Waals surface area (Å²) in [5, 5.41) is 14.2. The lowest BCUT2D eigenvalue weighted by molar-refractivity contribution is 0.163. The Bertz CT molecular complexity index is 582. The first-order valence-corrected chi connectivity index (χ1v) is 6.14. The molecule has 0 fully saturated rings. The molecule has 0 aliphatic carbocycles. The molecule has 6 nitrogen and oxygen atoms in total. The fourth-order valence-electron chi connectivity index (χ4n) is 2.06. The summed E-state index contributed by atoms with van der Waals surface area (Å²) in [6.45, 7) is 1.10. The third-order valence-electron chi connectivity index (χ3n) is 3.13. The summed E-state index contributed by atoms with van der Waals surface area (Å²) in [6.07, 6.45) is 1.25. The number of aryl methyl sites for hydroxylation is 1. The molecule has 1 aromatic carbocycles. The Balaban J connectivity index is 1.80. The SMILES string of the molecule is Cn1ncnc1CC(O)c1ccc2c(c1)OCCO2. The molecule has 3 rings (SSSR count). The van der Waals surface area contributed by atoms with Crippen molar-refractivity contribution in [2.75, 3.05) is 13.2 Å². The van der Waals surface area contributed by atoms with Gasteiger partial charge in [-0.05, 0) is 17.7 Å². The third-order valence-corrected chi connectivity index (χ3v) is 3.13. The first-order chi connectivity index (χ1) is 9.24.